The van der Waals surface area contributed by atoms with Crippen LogP contribution in [0.25, 0.3) is 10.8 Å². The van der Waals surface area contributed by atoms with E-state index in [1.54, 1.807) is 6.92 Å². The molecule has 2 nitrogen and oxygen atoms in total. The molecule has 0 saturated carbocycles. The quantitative estimate of drug-likeness (QED) is 0.730. The van der Waals surface area contributed by atoms with Crippen molar-refractivity contribution in [1.82, 2.24) is 0 Å². The predicted molar refractivity (Wildman–Crippen MR) is 63.5 cm³/mol. The number of ether oxygens (including phenoxy) is 1. The summed E-state index contributed by atoms with van der Waals surface area (Å²) in [5.74, 6) is -0.204. The van der Waals surface area contributed by atoms with Crippen LogP contribution in [0.3, 0.4) is 0 Å². The van der Waals surface area contributed by atoms with Crippen LogP contribution < -0.4 is 4.74 Å². The Morgan fingerprint density at radius 1 is 1.19 bits per heavy atom. The molecule has 0 amide bonds. The molecule has 1 atom stereocenters. The Labute approximate surface area is 94.5 Å². The summed E-state index contributed by atoms with van der Waals surface area (Å²) >= 11 is 0. The van der Waals surface area contributed by atoms with Crippen LogP contribution in [0.2, 0.25) is 0 Å². The molecule has 0 spiro atoms. The molecule has 2 aromatic carbocycles. The first kappa shape index (κ1) is 9.67. The second-order valence-electron chi connectivity index (χ2n) is 4.54. The van der Waals surface area contributed by atoms with E-state index in [1.807, 2.05) is 24.3 Å². The average molecular weight is 214 g/mol. The summed E-state index contributed by atoms with van der Waals surface area (Å²) < 4.78 is 5.58. The molecule has 1 aliphatic rings. The molecular formula is C14H14O2. The molecule has 0 bridgehead atoms. The maximum atomic E-state index is 9.87. The third-order valence-electron chi connectivity index (χ3n) is 3.17. The summed E-state index contributed by atoms with van der Waals surface area (Å²) in [6, 6.07) is 12.3. The normalized spacial score (nSPS) is 23.9. The van der Waals surface area contributed by atoms with Crippen molar-refractivity contribution >= 4 is 10.8 Å². The number of aryl methyl sites for hydroxylation is 1. The minimum absolute atomic E-state index is 0.647. The largest absolute Gasteiger partial charge is 0.463 e. The molecule has 1 N–H and O–H groups in total. The fraction of sp³-hybridized carbons (Fsp3) is 0.286. The lowest BCUT2D eigenvalue weighted by Gasteiger charge is -2.31. The van der Waals surface area contributed by atoms with Crippen molar-refractivity contribution in [3.63, 3.8) is 0 Å². The highest BCUT2D eigenvalue weighted by Gasteiger charge is 2.29. The molecule has 0 saturated heterocycles. The van der Waals surface area contributed by atoms with E-state index in [2.05, 4.69) is 12.1 Å². The average Bonchev–Trinajstić information content (AvgIpc) is 2.27. The SMILES string of the molecule is C[C@@]1(O)CCc2c(ccc3ccccc23)O1. The van der Waals surface area contributed by atoms with Gasteiger partial charge in [-0.05, 0) is 23.3 Å². The van der Waals surface area contributed by atoms with Crippen LogP contribution in [-0.4, -0.2) is 10.9 Å². The topological polar surface area (TPSA) is 29.5 Å². The minimum atomic E-state index is -1.02. The van der Waals surface area contributed by atoms with Gasteiger partial charge in [0, 0.05) is 18.9 Å². The van der Waals surface area contributed by atoms with Gasteiger partial charge in [-0.25, -0.2) is 0 Å². The molecule has 0 radical (unpaired) electrons. The monoisotopic (exact) mass is 214 g/mol. The summed E-state index contributed by atoms with van der Waals surface area (Å²) in [6.45, 7) is 1.71. The number of hydrogen-bond acceptors (Lipinski definition) is 2. The van der Waals surface area contributed by atoms with E-state index in [0.29, 0.717) is 6.42 Å². The van der Waals surface area contributed by atoms with Gasteiger partial charge in [0.05, 0.1) is 0 Å². The summed E-state index contributed by atoms with van der Waals surface area (Å²) in [6.07, 6.45) is 1.51. The fourth-order valence-corrected chi connectivity index (χ4v) is 2.31. The van der Waals surface area contributed by atoms with E-state index in [4.69, 9.17) is 4.74 Å². The van der Waals surface area contributed by atoms with Gasteiger partial charge in [0.15, 0.2) is 0 Å². The van der Waals surface area contributed by atoms with Crippen molar-refractivity contribution in [2.24, 2.45) is 0 Å². The van der Waals surface area contributed by atoms with E-state index in [-0.39, 0.29) is 0 Å². The van der Waals surface area contributed by atoms with Gasteiger partial charge in [-0.1, -0.05) is 30.3 Å². The van der Waals surface area contributed by atoms with Crippen LogP contribution in [0.5, 0.6) is 5.75 Å². The minimum Gasteiger partial charge on any atom is -0.463 e. The number of aliphatic hydroxyl groups is 1. The molecule has 2 heteroatoms. The highest BCUT2D eigenvalue weighted by atomic mass is 16.6. The second-order valence-corrected chi connectivity index (χ2v) is 4.54. The molecule has 2 aromatic rings. The Bertz CT molecular complexity index is 543. The van der Waals surface area contributed by atoms with Crippen molar-refractivity contribution in [2.45, 2.75) is 25.6 Å². The Hall–Kier alpha value is -1.54. The molecule has 1 aliphatic heterocycles. The maximum absolute atomic E-state index is 9.87. The van der Waals surface area contributed by atoms with Crippen molar-refractivity contribution in [3.05, 3.63) is 42.0 Å². The van der Waals surface area contributed by atoms with Crippen molar-refractivity contribution in [1.29, 1.82) is 0 Å². The van der Waals surface area contributed by atoms with Gasteiger partial charge in [0.1, 0.15) is 5.75 Å². The number of rotatable bonds is 0. The zero-order chi connectivity index (χ0) is 11.2. The fourth-order valence-electron chi connectivity index (χ4n) is 2.31. The molecule has 1 heterocycles. The summed E-state index contributed by atoms with van der Waals surface area (Å²) in [7, 11) is 0. The molecule has 3 rings (SSSR count). The lowest BCUT2D eigenvalue weighted by molar-refractivity contribution is -0.133. The zero-order valence-electron chi connectivity index (χ0n) is 9.23. The first-order chi connectivity index (χ1) is 7.66. The third-order valence-corrected chi connectivity index (χ3v) is 3.17. The summed E-state index contributed by atoms with van der Waals surface area (Å²) in [5.41, 5.74) is 1.21. The van der Waals surface area contributed by atoms with Crippen molar-refractivity contribution in [3.8, 4) is 5.75 Å². The maximum Gasteiger partial charge on any atom is 0.205 e. The highest BCUT2D eigenvalue weighted by molar-refractivity contribution is 5.87. The van der Waals surface area contributed by atoms with Gasteiger partial charge in [0.2, 0.25) is 5.79 Å². The van der Waals surface area contributed by atoms with E-state index in [1.165, 1.54) is 16.3 Å². The zero-order valence-corrected chi connectivity index (χ0v) is 9.23. The summed E-state index contributed by atoms with van der Waals surface area (Å²) in [4.78, 5) is 0. The van der Waals surface area contributed by atoms with Gasteiger partial charge in [0.25, 0.3) is 0 Å². The lowest BCUT2D eigenvalue weighted by Crippen LogP contribution is -2.35. The van der Waals surface area contributed by atoms with Gasteiger partial charge < -0.3 is 9.84 Å². The second kappa shape index (κ2) is 3.22. The van der Waals surface area contributed by atoms with Crippen molar-refractivity contribution in [2.75, 3.05) is 0 Å². The third kappa shape index (κ3) is 1.46. The van der Waals surface area contributed by atoms with Crippen LogP contribution in [0.4, 0.5) is 0 Å². The van der Waals surface area contributed by atoms with Gasteiger partial charge in [-0.15, -0.1) is 0 Å². The first-order valence-electron chi connectivity index (χ1n) is 5.58. The molecule has 0 aromatic heterocycles. The Morgan fingerprint density at radius 3 is 2.88 bits per heavy atom. The predicted octanol–water partition coefficient (Wildman–Crippen LogP) is 2.87. The number of fused-ring (bicyclic) bond motifs is 3. The van der Waals surface area contributed by atoms with Crippen LogP contribution >= 0.6 is 0 Å². The first-order valence-corrected chi connectivity index (χ1v) is 5.58. The van der Waals surface area contributed by atoms with Gasteiger partial charge in [-0.3, -0.25) is 0 Å². The van der Waals surface area contributed by atoms with E-state index >= 15 is 0 Å². The van der Waals surface area contributed by atoms with Crippen LogP contribution in [0, 0.1) is 0 Å². The van der Waals surface area contributed by atoms with E-state index in [9.17, 15) is 5.11 Å². The van der Waals surface area contributed by atoms with Gasteiger partial charge in [-0.2, -0.15) is 0 Å². The van der Waals surface area contributed by atoms with Crippen molar-refractivity contribution < 1.29 is 9.84 Å². The van der Waals surface area contributed by atoms with E-state index < -0.39 is 5.79 Å². The van der Waals surface area contributed by atoms with E-state index in [0.717, 1.165) is 12.2 Å². The molecule has 0 fully saturated rings. The number of benzene rings is 2. The molecule has 0 aliphatic carbocycles. The molecular weight excluding hydrogens is 200 g/mol. The smallest absolute Gasteiger partial charge is 0.205 e. The van der Waals surface area contributed by atoms with Crippen LogP contribution in [0.15, 0.2) is 36.4 Å². The van der Waals surface area contributed by atoms with Crippen LogP contribution in [-0.2, 0) is 6.42 Å². The Balaban J connectivity index is 2.22. The van der Waals surface area contributed by atoms with Crippen LogP contribution in [0.1, 0.15) is 18.9 Å². The summed E-state index contributed by atoms with van der Waals surface area (Å²) in [5, 5.41) is 12.3. The molecule has 16 heavy (non-hydrogen) atoms. The number of hydrogen-bond donors (Lipinski definition) is 1. The molecule has 82 valence electrons. The highest BCUT2D eigenvalue weighted by Crippen LogP contribution is 2.36. The molecule has 0 unspecified atom stereocenters. The lowest BCUT2D eigenvalue weighted by atomic mass is 9.95. The standard InChI is InChI=1S/C14H14O2/c1-14(15)9-8-12-11-5-3-2-4-10(11)6-7-13(12)16-14/h2-7,15H,8-9H2,1H3/t14-/m0/s1. The Morgan fingerprint density at radius 2 is 2.00 bits per heavy atom. The Kier molecular flexibility index (Phi) is 1.95. The van der Waals surface area contributed by atoms with Gasteiger partial charge >= 0.3 is 0 Å².